The fourth-order valence-electron chi connectivity index (χ4n) is 2.20. The van der Waals surface area contributed by atoms with Gasteiger partial charge in [-0.25, -0.2) is 0 Å². The molecule has 0 N–H and O–H groups in total. The number of halogens is 3. The second-order valence-electron chi connectivity index (χ2n) is 4.80. The van der Waals surface area contributed by atoms with Gasteiger partial charge in [0.05, 0.1) is 12.5 Å². The Morgan fingerprint density at radius 1 is 1.05 bits per heavy atom. The van der Waals surface area contributed by atoms with Crippen LogP contribution in [0.4, 0.5) is 0 Å². The van der Waals surface area contributed by atoms with Gasteiger partial charge in [-0.2, -0.15) is 0 Å². The van der Waals surface area contributed by atoms with E-state index in [2.05, 4.69) is 0 Å². The molecule has 0 aliphatic rings. The van der Waals surface area contributed by atoms with Crippen molar-refractivity contribution < 1.29 is 9.53 Å². The van der Waals surface area contributed by atoms with Gasteiger partial charge in [-0.05, 0) is 48.7 Å². The third kappa shape index (κ3) is 4.39. The number of hydrogen-bond acceptors (Lipinski definition) is 2. The monoisotopic (exact) mass is 356 g/mol. The van der Waals surface area contributed by atoms with Gasteiger partial charge in [-0.15, -0.1) is 0 Å². The second kappa shape index (κ2) is 7.87. The number of hydrogen-bond donors (Lipinski definition) is 0. The Morgan fingerprint density at radius 3 is 2.27 bits per heavy atom. The maximum atomic E-state index is 12.3. The van der Waals surface area contributed by atoms with Crippen molar-refractivity contribution in [3.05, 3.63) is 68.7 Å². The molecule has 0 heterocycles. The minimum Gasteiger partial charge on any atom is -0.466 e. The van der Waals surface area contributed by atoms with Crippen molar-refractivity contribution >= 4 is 40.8 Å². The van der Waals surface area contributed by atoms with Gasteiger partial charge in [0.2, 0.25) is 0 Å². The van der Waals surface area contributed by atoms with Gasteiger partial charge in [0.1, 0.15) is 0 Å². The highest BCUT2D eigenvalue weighted by Crippen LogP contribution is 2.31. The molecule has 0 saturated carbocycles. The number of carbonyl (C=O) groups excluding carboxylic acids is 1. The molecule has 0 bridgehead atoms. The molecule has 2 aromatic carbocycles. The highest BCUT2D eigenvalue weighted by molar-refractivity contribution is 6.35. The third-order valence-electron chi connectivity index (χ3n) is 3.26. The topological polar surface area (TPSA) is 26.3 Å². The predicted octanol–water partition coefficient (Wildman–Crippen LogP) is 5.54. The highest BCUT2D eigenvalue weighted by Gasteiger charge is 2.24. The fraction of sp³-hybridized carbons (Fsp3) is 0.235. The first-order valence-electron chi connectivity index (χ1n) is 6.87. The molecular formula is C17H15Cl3O2. The lowest BCUT2D eigenvalue weighted by molar-refractivity contribution is -0.144. The number of esters is 1. The molecule has 0 aliphatic heterocycles. The van der Waals surface area contributed by atoms with Crippen molar-refractivity contribution in [2.24, 2.45) is 0 Å². The average Bonchev–Trinajstić information content (AvgIpc) is 2.48. The van der Waals surface area contributed by atoms with E-state index in [1.54, 1.807) is 37.3 Å². The molecule has 0 spiro atoms. The Balaban J connectivity index is 2.33. The van der Waals surface area contributed by atoms with Crippen molar-refractivity contribution in [2.75, 3.05) is 6.61 Å². The molecule has 0 fully saturated rings. The maximum absolute atomic E-state index is 12.3. The van der Waals surface area contributed by atoms with Crippen LogP contribution in [0.3, 0.4) is 0 Å². The molecule has 0 aliphatic carbocycles. The predicted molar refractivity (Wildman–Crippen MR) is 91.0 cm³/mol. The van der Waals surface area contributed by atoms with E-state index in [4.69, 9.17) is 39.5 Å². The van der Waals surface area contributed by atoms with Crippen LogP contribution in [0.2, 0.25) is 15.1 Å². The SMILES string of the molecule is CCOC(=O)[C@H](Cc1ccc(Cl)cc1)c1ccc(Cl)cc1Cl. The van der Waals surface area contributed by atoms with Gasteiger partial charge < -0.3 is 4.74 Å². The Hall–Kier alpha value is -1.22. The van der Waals surface area contributed by atoms with Crippen LogP contribution in [0.15, 0.2) is 42.5 Å². The molecular weight excluding hydrogens is 343 g/mol. The van der Waals surface area contributed by atoms with E-state index in [-0.39, 0.29) is 5.97 Å². The number of rotatable bonds is 5. The average molecular weight is 358 g/mol. The maximum Gasteiger partial charge on any atom is 0.313 e. The van der Waals surface area contributed by atoms with E-state index < -0.39 is 5.92 Å². The van der Waals surface area contributed by atoms with Crippen LogP contribution in [0, 0.1) is 0 Å². The second-order valence-corrected chi connectivity index (χ2v) is 6.08. The van der Waals surface area contributed by atoms with Crippen LogP contribution in [0.5, 0.6) is 0 Å². The number of benzene rings is 2. The van der Waals surface area contributed by atoms with E-state index in [0.717, 1.165) is 5.56 Å². The Morgan fingerprint density at radius 2 is 1.68 bits per heavy atom. The largest absolute Gasteiger partial charge is 0.466 e. The van der Waals surface area contributed by atoms with Gasteiger partial charge in [-0.3, -0.25) is 4.79 Å². The molecule has 5 heteroatoms. The zero-order chi connectivity index (χ0) is 16.1. The first-order chi connectivity index (χ1) is 10.5. The van der Waals surface area contributed by atoms with Gasteiger partial charge in [-0.1, -0.05) is 53.0 Å². The summed E-state index contributed by atoms with van der Waals surface area (Å²) in [6, 6.07) is 12.5. The first-order valence-corrected chi connectivity index (χ1v) is 8.00. The van der Waals surface area contributed by atoms with Gasteiger partial charge in [0.15, 0.2) is 0 Å². The molecule has 0 amide bonds. The molecule has 2 rings (SSSR count). The van der Waals surface area contributed by atoms with Crippen molar-refractivity contribution in [1.82, 2.24) is 0 Å². The zero-order valence-corrected chi connectivity index (χ0v) is 14.3. The van der Waals surface area contributed by atoms with E-state index >= 15 is 0 Å². The summed E-state index contributed by atoms with van der Waals surface area (Å²) in [4.78, 5) is 12.3. The van der Waals surface area contributed by atoms with Crippen LogP contribution in [0.25, 0.3) is 0 Å². The molecule has 0 saturated heterocycles. The van der Waals surface area contributed by atoms with Gasteiger partial charge >= 0.3 is 5.97 Å². The molecule has 2 aromatic rings. The molecule has 0 radical (unpaired) electrons. The summed E-state index contributed by atoms with van der Waals surface area (Å²) in [7, 11) is 0. The molecule has 0 unspecified atom stereocenters. The smallest absolute Gasteiger partial charge is 0.313 e. The minimum absolute atomic E-state index is 0.304. The third-order valence-corrected chi connectivity index (χ3v) is 4.08. The summed E-state index contributed by atoms with van der Waals surface area (Å²) in [5, 5.41) is 1.64. The van der Waals surface area contributed by atoms with E-state index in [1.165, 1.54) is 0 Å². The van der Waals surface area contributed by atoms with Crippen LogP contribution >= 0.6 is 34.8 Å². The highest BCUT2D eigenvalue weighted by atomic mass is 35.5. The van der Waals surface area contributed by atoms with Crippen LogP contribution < -0.4 is 0 Å². The summed E-state index contributed by atoms with van der Waals surface area (Å²) in [6.07, 6.45) is 0.483. The lowest BCUT2D eigenvalue weighted by Crippen LogP contribution is -2.18. The zero-order valence-electron chi connectivity index (χ0n) is 12.0. The summed E-state index contributed by atoms with van der Waals surface area (Å²) in [5.74, 6) is -0.785. The number of carbonyl (C=O) groups is 1. The lowest BCUT2D eigenvalue weighted by atomic mass is 9.92. The quantitative estimate of drug-likeness (QED) is 0.657. The summed E-state index contributed by atoms with van der Waals surface area (Å²) < 4.78 is 5.18. The van der Waals surface area contributed by atoms with Crippen LogP contribution in [0.1, 0.15) is 24.0 Å². The van der Waals surface area contributed by atoms with Crippen LogP contribution in [-0.2, 0) is 16.0 Å². The molecule has 116 valence electrons. The number of ether oxygens (including phenoxy) is 1. The van der Waals surface area contributed by atoms with Crippen molar-refractivity contribution in [1.29, 1.82) is 0 Å². The molecule has 22 heavy (non-hydrogen) atoms. The Bertz CT molecular complexity index is 653. The molecule has 1 atom stereocenters. The summed E-state index contributed by atoms with van der Waals surface area (Å²) >= 11 is 18.1. The molecule has 0 aromatic heterocycles. The lowest BCUT2D eigenvalue weighted by Gasteiger charge is -2.17. The Labute approximate surface area is 144 Å². The minimum atomic E-state index is -0.481. The van der Waals surface area contributed by atoms with Crippen LogP contribution in [-0.4, -0.2) is 12.6 Å². The van der Waals surface area contributed by atoms with Crippen molar-refractivity contribution in [2.45, 2.75) is 19.3 Å². The van der Waals surface area contributed by atoms with Crippen molar-refractivity contribution in [3.63, 3.8) is 0 Å². The first kappa shape index (κ1) is 17.1. The standard InChI is InChI=1S/C17H15Cl3O2/c1-2-22-17(21)15(9-11-3-5-12(18)6-4-11)14-8-7-13(19)10-16(14)20/h3-8,10,15H,2,9H2,1H3/t15-/m1/s1. The van der Waals surface area contributed by atoms with E-state index in [9.17, 15) is 4.79 Å². The van der Waals surface area contributed by atoms with E-state index in [1.807, 2.05) is 12.1 Å². The fourth-order valence-corrected chi connectivity index (χ4v) is 2.87. The van der Waals surface area contributed by atoms with Gasteiger partial charge in [0.25, 0.3) is 0 Å². The van der Waals surface area contributed by atoms with Gasteiger partial charge in [0, 0.05) is 15.1 Å². The summed E-state index contributed by atoms with van der Waals surface area (Å²) in [6.45, 7) is 2.10. The van der Waals surface area contributed by atoms with E-state index in [0.29, 0.717) is 33.7 Å². The normalized spacial score (nSPS) is 12.0. The molecule has 2 nitrogen and oxygen atoms in total. The Kier molecular flexibility index (Phi) is 6.13. The summed E-state index contributed by atoms with van der Waals surface area (Å²) in [5.41, 5.74) is 1.69. The van der Waals surface area contributed by atoms with Crippen molar-refractivity contribution in [3.8, 4) is 0 Å².